The maximum Gasteiger partial charge on any atom is 0.407 e. The number of nitrogens with zero attached hydrogens (tertiary/aromatic N) is 2. The molecule has 2 aromatic rings. The maximum absolute atomic E-state index is 12.5. The zero-order chi connectivity index (χ0) is 20.2. The highest BCUT2D eigenvalue weighted by Crippen LogP contribution is 2.27. The van der Waals surface area contributed by atoms with Crippen LogP contribution in [0.15, 0.2) is 18.2 Å². The van der Waals surface area contributed by atoms with Gasteiger partial charge in [-0.1, -0.05) is 0 Å². The number of nitriles is 1. The topological polar surface area (TPSA) is 93.4 Å². The van der Waals surface area contributed by atoms with Gasteiger partial charge < -0.3 is 19.4 Å². The number of fused-ring (bicyclic) bond motifs is 1. The molecule has 0 aliphatic carbocycles. The smallest absolute Gasteiger partial charge is 0.407 e. The van der Waals surface area contributed by atoms with Crippen LogP contribution >= 0.6 is 0 Å². The van der Waals surface area contributed by atoms with E-state index < -0.39 is 17.7 Å². The summed E-state index contributed by atoms with van der Waals surface area (Å²) in [6, 6.07) is 7.37. The number of hydrogen-bond donors (Lipinski definition) is 1. The second kappa shape index (κ2) is 8.12. The Hall–Kier alpha value is -3.01. The van der Waals surface area contributed by atoms with Gasteiger partial charge in [-0.25, -0.2) is 9.59 Å². The minimum atomic E-state index is -0.579. The number of aromatic nitrogens is 1. The normalized spacial score (nSPS) is 11.1. The lowest BCUT2D eigenvalue weighted by molar-refractivity contribution is 0.0513. The minimum absolute atomic E-state index is 0.263. The second-order valence-electron chi connectivity index (χ2n) is 7.12. The average Bonchev–Trinajstić information content (AvgIpc) is 2.85. The molecule has 2 rings (SSSR count). The summed E-state index contributed by atoms with van der Waals surface area (Å²) < 4.78 is 12.2. The molecule has 7 nitrogen and oxygen atoms in total. The molecule has 1 aromatic carbocycles. The van der Waals surface area contributed by atoms with Crippen LogP contribution in [0.3, 0.4) is 0 Å². The van der Waals surface area contributed by atoms with E-state index in [2.05, 4.69) is 11.4 Å². The zero-order valence-electron chi connectivity index (χ0n) is 16.4. The molecular formula is C20H25N3O4. The summed E-state index contributed by atoms with van der Waals surface area (Å²) in [5.41, 5.74) is 1.92. The number of nitrogens with one attached hydrogen (secondary N) is 1. The summed E-state index contributed by atoms with van der Waals surface area (Å²) in [5.74, 6) is -0.429. The van der Waals surface area contributed by atoms with Crippen molar-refractivity contribution >= 4 is 23.0 Å². The molecule has 1 aromatic heterocycles. The van der Waals surface area contributed by atoms with Crippen molar-refractivity contribution in [2.75, 3.05) is 13.2 Å². The van der Waals surface area contributed by atoms with Crippen LogP contribution in [-0.4, -0.2) is 35.4 Å². The Morgan fingerprint density at radius 1 is 1.30 bits per heavy atom. The van der Waals surface area contributed by atoms with Crippen molar-refractivity contribution in [3.05, 3.63) is 35.0 Å². The highest BCUT2D eigenvalue weighted by Gasteiger charge is 2.22. The summed E-state index contributed by atoms with van der Waals surface area (Å²) in [6.45, 7) is 9.86. The number of benzene rings is 1. The molecule has 0 spiro atoms. The van der Waals surface area contributed by atoms with Crippen LogP contribution in [-0.2, 0) is 16.0 Å². The Kier molecular flexibility index (Phi) is 6.11. The third-order valence-corrected chi connectivity index (χ3v) is 3.92. The molecule has 0 radical (unpaired) electrons. The fourth-order valence-corrected chi connectivity index (χ4v) is 2.87. The molecule has 0 atom stereocenters. The van der Waals surface area contributed by atoms with Crippen molar-refractivity contribution in [1.29, 1.82) is 5.26 Å². The highest BCUT2D eigenvalue weighted by molar-refractivity contribution is 5.99. The number of ether oxygens (including phenoxy) is 2. The number of rotatable bonds is 5. The van der Waals surface area contributed by atoms with E-state index >= 15 is 0 Å². The Labute approximate surface area is 158 Å². The van der Waals surface area contributed by atoms with Crippen LogP contribution in [0.2, 0.25) is 0 Å². The molecule has 27 heavy (non-hydrogen) atoms. The van der Waals surface area contributed by atoms with Gasteiger partial charge in [0.25, 0.3) is 0 Å². The highest BCUT2D eigenvalue weighted by atomic mass is 16.6. The quantitative estimate of drug-likeness (QED) is 0.812. The molecule has 0 aliphatic rings. The number of alkyl carbamates (subject to hydrolysis) is 1. The van der Waals surface area contributed by atoms with Crippen LogP contribution in [0.25, 0.3) is 10.9 Å². The standard InChI is InChI=1S/C20H25N3O4/c1-6-26-18(24)17-13(2)15-11-14(12-21)7-8-16(15)23(17)10-9-22-19(25)27-20(3,4)5/h7-8,11H,6,9-10H2,1-5H3,(H,22,25). The van der Waals surface area contributed by atoms with Crippen molar-refractivity contribution in [3.8, 4) is 6.07 Å². The van der Waals surface area contributed by atoms with E-state index in [1.54, 1.807) is 50.5 Å². The molecule has 0 unspecified atom stereocenters. The van der Waals surface area contributed by atoms with Gasteiger partial charge in [0, 0.05) is 24.0 Å². The first kappa shape index (κ1) is 20.3. The molecular weight excluding hydrogens is 346 g/mol. The summed E-state index contributed by atoms with van der Waals surface area (Å²) in [4.78, 5) is 24.3. The van der Waals surface area contributed by atoms with Gasteiger partial charge in [0.05, 0.1) is 18.2 Å². The lowest BCUT2D eigenvalue weighted by Gasteiger charge is -2.20. The third-order valence-electron chi connectivity index (χ3n) is 3.92. The predicted octanol–water partition coefficient (Wildman–Crippen LogP) is 3.52. The molecule has 0 aliphatic heterocycles. The van der Waals surface area contributed by atoms with Gasteiger partial charge in [0.1, 0.15) is 11.3 Å². The van der Waals surface area contributed by atoms with E-state index in [4.69, 9.17) is 14.7 Å². The first-order valence-corrected chi connectivity index (χ1v) is 8.85. The summed E-state index contributed by atoms with van der Waals surface area (Å²) in [7, 11) is 0. The number of aryl methyl sites for hydroxylation is 1. The van der Waals surface area contributed by atoms with Gasteiger partial charge in [0.2, 0.25) is 0 Å². The molecule has 0 fully saturated rings. The van der Waals surface area contributed by atoms with Crippen LogP contribution < -0.4 is 5.32 Å². The molecule has 0 bridgehead atoms. The predicted molar refractivity (Wildman–Crippen MR) is 102 cm³/mol. The summed E-state index contributed by atoms with van der Waals surface area (Å²) in [6.07, 6.45) is -0.514. The van der Waals surface area contributed by atoms with Crippen molar-refractivity contribution in [2.45, 2.75) is 46.8 Å². The molecule has 0 saturated carbocycles. The average molecular weight is 371 g/mol. The molecule has 144 valence electrons. The minimum Gasteiger partial charge on any atom is -0.461 e. The van der Waals surface area contributed by atoms with E-state index in [1.807, 2.05) is 6.92 Å². The van der Waals surface area contributed by atoms with E-state index in [9.17, 15) is 9.59 Å². The van der Waals surface area contributed by atoms with E-state index in [0.717, 1.165) is 16.5 Å². The van der Waals surface area contributed by atoms with E-state index in [1.165, 1.54) is 0 Å². The van der Waals surface area contributed by atoms with Crippen molar-refractivity contribution in [2.24, 2.45) is 0 Å². The third kappa shape index (κ3) is 4.79. The molecule has 1 heterocycles. The summed E-state index contributed by atoms with van der Waals surface area (Å²) >= 11 is 0. The second-order valence-corrected chi connectivity index (χ2v) is 7.12. The number of esters is 1. The van der Waals surface area contributed by atoms with Gasteiger partial charge in [-0.3, -0.25) is 0 Å². The van der Waals surface area contributed by atoms with Crippen LogP contribution in [0.4, 0.5) is 4.79 Å². The Bertz CT molecular complexity index is 901. The first-order valence-electron chi connectivity index (χ1n) is 8.85. The van der Waals surface area contributed by atoms with Crippen molar-refractivity contribution in [3.63, 3.8) is 0 Å². The number of carbonyl (C=O) groups is 2. The Balaban J connectivity index is 2.33. The number of amides is 1. The fourth-order valence-electron chi connectivity index (χ4n) is 2.87. The Morgan fingerprint density at radius 3 is 2.59 bits per heavy atom. The molecule has 0 saturated heterocycles. The largest absolute Gasteiger partial charge is 0.461 e. The van der Waals surface area contributed by atoms with Gasteiger partial charge in [0.15, 0.2) is 0 Å². The Morgan fingerprint density at radius 2 is 2.00 bits per heavy atom. The number of carbonyl (C=O) groups excluding carboxylic acids is 2. The summed E-state index contributed by atoms with van der Waals surface area (Å²) in [5, 5.41) is 12.7. The van der Waals surface area contributed by atoms with Crippen molar-refractivity contribution in [1.82, 2.24) is 9.88 Å². The van der Waals surface area contributed by atoms with Crippen LogP contribution in [0.1, 0.15) is 49.3 Å². The molecule has 7 heteroatoms. The molecule has 1 amide bonds. The SMILES string of the molecule is CCOC(=O)c1c(C)c2cc(C#N)ccc2n1CCNC(=O)OC(C)(C)C. The van der Waals surface area contributed by atoms with Gasteiger partial charge >= 0.3 is 12.1 Å². The lowest BCUT2D eigenvalue weighted by atomic mass is 10.1. The fraction of sp³-hybridized carbons (Fsp3) is 0.450. The van der Waals surface area contributed by atoms with Gasteiger partial charge in [-0.05, 0) is 58.4 Å². The first-order chi connectivity index (χ1) is 12.7. The number of hydrogen-bond acceptors (Lipinski definition) is 5. The van der Waals surface area contributed by atoms with Crippen LogP contribution in [0, 0.1) is 18.3 Å². The van der Waals surface area contributed by atoms with E-state index in [-0.39, 0.29) is 13.2 Å². The lowest BCUT2D eigenvalue weighted by Crippen LogP contribution is -2.34. The van der Waals surface area contributed by atoms with Gasteiger partial charge in [-0.15, -0.1) is 0 Å². The monoisotopic (exact) mass is 371 g/mol. The maximum atomic E-state index is 12.5. The van der Waals surface area contributed by atoms with Crippen molar-refractivity contribution < 1.29 is 19.1 Å². The van der Waals surface area contributed by atoms with E-state index in [0.29, 0.717) is 17.8 Å². The zero-order valence-corrected chi connectivity index (χ0v) is 16.4. The van der Waals surface area contributed by atoms with Gasteiger partial charge in [-0.2, -0.15) is 5.26 Å². The van der Waals surface area contributed by atoms with Crippen LogP contribution in [0.5, 0.6) is 0 Å². The molecule has 1 N–H and O–H groups in total.